The van der Waals surface area contributed by atoms with Crippen LogP contribution in [0.15, 0.2) is 30.3 Å². The molecule has 1 aromatic carbocycles. The van der Waals surface area contributed by atoms with E-state index in [4.69, 9.17) is 5.11 Å². The summed E-state index contributed by atoms with van der Waals surface area (Å²) in [5, 5.41) is 11.9. The lowest BCUT2D eigenvalue weighted by Crippen LogP contribution is -2.28. The lowest BCUT2D eigenvalue weighted by atomic mass is 9.95. The third kappa shape index (κ3) is 7.59. The number of aliphatic hydroxyl groups excluding tert-OH is 1. The van der Waals surface area contributed by atoms with Crippen LogP contribution in [0, 0.1) is 5.92 Å². The molecular formula is C15H23NO3. The average molecular weight is 265 g/mol. The van der Waals surface area contributed by atoms with E-state index in [-0.39, 0.29) is 0 Å². The number of carbonyl (C=O) groups is 1. The van der Waals surface area contributed by atoms with Crippen LogP contribution in [-0.4, -0.2) is 31.3 Å². The molecule has 4 heteroatoms. The van der Waals surface area contributed by atoms with E-state index < -0.39 is 0 Å². The lowest BCUT2D eigenvalue weighted by molar-refractivity contribution is -0.129. The molecule has 0 radical (unpaired) electrons. The van der Waals surface area contributed by atoms with Gasteiger partial charge in [0.25, 0.3) is 6.47 Å². The van der Waals surface area contributed by atoms with Crippen molar-refractivity contribution in [3.05, 3.63) is 35.9 Å². The first-order valence-corrected chi connectivity index (χ1v) is 6.77. The number of nitrogens with one attached hydrogen (secondary N) is 1. The highest BCUT2D eigenvalue weighted by Gasteiger charge is 2.10. The maximum absolute atomic E-state index is 9.76. The zero-order valence-electron chi connectivity index (χ0n) is 11.3. The van der Waals surface area contributed by atoms with Crippen LogP contribution in [0.25, 0.3) is 0 Å². The zero-order chi connectivity index (χ0) is 13.8. The average Bonchev–Trinajstić information content (AvgIpc) is 2.48. The molecule has 0 saturated carbocycles. The molecule has 1 fully saturated rings. The van der Waals surface area contributed by atoms with Gasteiger partial charge in [-0.3, -0.25) is 4.79 Å². The van der Waals surface area contributed by atoms with Crippen LogP contribution in [0.4, 0.5) is 0 Å². The van der Waals surface area contributed by atoms with E-state index in [1.165, 1.54) is 12.8 Å². The molecular weight excluding hydrogens is 242 g/mol. The van der Waals surface area contributed by atoms with Gasteiger partial charge in [-0.1, -0.05) is 30.3 Å². The fraction of sp³-hybridized carbons (Fsp3) is 0.533. The monoisotopic (exact) mass is 265 g/mol. The number of carbonyl (C=O) groups excluding carboxylic acids is 1. The molecule has 0 amide bonds. The van der Waals surface area contributed by atoms with Crippen LogP contribution in [0.1, 0.15) is 24.8 Å². The van der Waals surface area contributed by atoms with Gasteiger partial charge in [0.1, 0.15) is 6.61 Å². The summed E-state index contributed by atoms with van der Waals surface area (Å²) in [4.78, 5) is 9.76. The van der Waals surface area contributed by atoms with Gasteiger partial charge >= 0.3 is 0 Å². The first-order valence-electron chi connectivity index (χ1n) is 6.77. The molecule has 1 heterocycles. The van der Waals surface area contributed by atoms with Gasteiger partial charge in [-0.15, -0.1) is 0 Å². The second kappa shape index (κ2) is 10.5. The van der Waals surface area contributed by atoms with Gasteiger partial charge in [0.15, 0.2) is 0 Å². The van der Waals surface area contributed by atoms with Gasteiger partial charge < -0.3 is 15.2 Å². The second-order valence-electron chi connectivity index (χ2n) is 4.60. The SMILES string of the molecule is O=COCc1ccccc1.OCCC1CCNCC1. The van der Waals surface area contributed by atoms with E-state index in [1.807, 2.05) is 30.3 Å². The minimum absolute atomic E-state index is 0.365. The Kier molecular flexibility index (Phi) is 8.68. The van der Waals surface area contributed by atoms with Gasteiger partial charge in [0.2, 0.25) is 0 Å². The molecule has 1 aromatic rings. The smallest absolute Gasteiger partial charge is 0.293 e. The van der Waals surface area contributed by atoms with Crippen molar-refractivity contribution in [2.45, 2.75) is 25.9 Å². The van der Waals surface area contributed by atoms with Gasteiger partial charge in [0.05, 0.1) is 0 Å². The topological polar surface area (TPSA) is 58.6 Å². The number of aliphatic hydroxyl groups is 1. The van der Waals surface area contributed by atoms with Crippen LogP contribution >= 0.6 is 0 Å². The Hall–Kier alpha value is -1.39. The Labute approximate surface area is 114 Å². The predicted molar refractivity (Wildman–Crippen MR) is 74.6 cm³/mol. The Morgan fingerprint density at radius 3 is 2.53 bits per heavy atom. The van der Waals surface area contributed by atoms with Gasteiger partial charge in [-0.05, 0) is 43.8 Å². The molecule has 0 spiro atoms. The quantitative estimate of drug-likeness (QED) is 0.796. The minimum Gasteiger partial charge on any atom is -0.463 e. The van der Waals surface area contributed by atoms with Crippen LogP contribution in [0.5, 0.6) is 0 Å². The molecule has 19 heavy (non-hydrogen) atoms. The summed E-state index contributed by atoms with van der Waals surface area (Å²) in [6, 6.07) is 9.55. The number of benzene rings is 1. The van der Waals surface area contributed by atoms with Crippen molar-refractivity contribution in [1.29, 1.82) is 0 Å². The van der Waals surface area contributed by atoms with E-state index in [0.29, 0.717) is 19.7 Å². The molecule has 1 aliphatic rings. The van der Waals surface area contributed by atoms with Crippen LogP contribution < -0.4 is 5.32 Å². The summed E-state index contributed by atoms with van der Waals surface area (Å²) in [5.74, 6) is 0.788. The summed E-state index contributed by atoms with van der Waals surface area (Å²) < 4.78 is 4.54. The lowest BCUT2D eigenvalue weighted by Gasteiger charge is -2.21. The Bertz CT molecular complexity index is 321. The maximum Gasteiger partial charge on any atom is 0.293 e. The van der Waals surface area contributed by atoms with E-state index in [1.54, 1.807) is 0 Å². The normalized spacial score (nSPS) is 15.2. The van der Waals surface area contributed by atoms with Crippen molar-refractivity contribution in [2.24, 2.45) is 5.92 Å². The second-order valence-corrected chi connectivity index (χ2v) is 4.60. The highest BCUT2D eigenvalue weighted by atomic mass is 16.5. The van der Waals surface area contributed by atoms with Crippen LogP contribution in [0.2, 0.25) is 0 Å². The third-order valence-corrected chi connectivity index (χ3v) is 3.16. The molecule has 1 saturated heterocycles. The summed E-state index contributed by atoms with van der Waals surface area (Å²) in [5.41, 5.74) is 1.01. The van der Waals surface area contributed by atoms with E-state index >= 15 is 0 Å². The van der Waals surface area contributed by atoms with Crippen LogP contribution in [-0.2, 0) is 16.1 Å². The highest BCUT2D eigenvalue weighted by molar-refractivity contribution is 5.37. The molecule has 0 aromatic heterocycles. The summed E-state index contributed by atoms with van der Waals surface area (Å²) in [6.07, 6.45) is 3.50. The van der Waals surface area contributed by atoms with E-state index in [9.17, 15) is 4.79 Å². The van der Waals surface area contributed by atoms with Crippen molar-refractivity contribution in [3.8, 4) is 0 Å². The Morgan fingerprint density at radius 1 is 1.26 bits per heavy atom. The van der Waals surface area contributed by atoms with Crippen molar-refractivity contribution < 1.29 is 14.6 Å². The molecule has 4 nitrogen and oxygen atoms in total. The molecule has 0 unspecified atom stereocenters. The minimum atomic E-state index is 0.365. The maximum atomic E-state index is 9.76. The largest absolute Gasteiger partial charge is 0.463 e. The van der Waals surface area contributed by atoms with E-state index in [2.05, 4.69) is 10.1 Å². The standard InChI is InChI=1S/C8H8O2.C7H15NO/c9-7-10-6-8-4-2-1-3-5-8;9-6-3-7-1-4-8-5-2-7/h1-5,7H,6H2;7-9H,1-6H2. The fourth-order valence-corrected chi connectivity index (χ4v) is 2.06. The van der Waals surface area contributed by atoms with Crippen LogP contribution in [0.3, 0.4) is 0 Å². The molecule has 106 valence electrons. The van der Waals surface area contributed by atoms with Crippen molar-refractivity contribution in [3.63, 3.8) is 0 Å². The van der Waals surface area contributed by atoms with Crippen molar-refractivity contribution in [2.75, 3.05) is 19.7 Å². The Morgan fingerprint density at radius 2 is 1.95 bits per heavy atom. The number of piperidine rings is 1. The molecule has 2 rings (SSSR count). The summed E-state index contributed by atoms with van der Waals surface area (Å²) in [6.45, 7) is 3.47. The fourth-order valence-electron chi connectivity index (χ4n) is 2.06. The van der Waals surface area contributed by atoms with Crippen molar-refractivity contribution in [1.82, 2.24) is 5.32 Å². The first-order chi connectivity index (χ1) is 9.36. The van der Waals surface area contributed by atoms with E-state index in [0.717, 1.165) is 31.0 Å². The van der Waals surface area contributed by atoms with Gasteiger partial charge in [-0.25, -0.2) is 0 Å². The van der Waals surface area contributed by atoms with Gasteiger partial charge in [-0.2, -0.15) is 0 Å². The number of ether oxygens (including phenoxy) is 1. The first kappa shape index (κ1) is 15.7. The Balaban J connectivity index is 0.000000191. The van der Waals surface area contributed by atoms with Crippen molar-refractivity contribution >= 4 is 6.47 Å². The third-order valence-electron chi connectivity index (χ3n) is 3.16. The molecule has 0 atom stereocenters. The molecule has 0 bridgehead atoms. The van der Waals surface area contributed by atoms with Gasteiger partial charge in [0, 0.05) is 6.61 Å². The molecule has 1 aliphatic heterocycles. The number of rotatable bonds is 5. The zero-order valence-corrected chi connectivity index (χ0v) is 11.3. The number of hydrogen-bond donors (Lipinski definition) is 2. The highest BCUT2D eigenvalue weighted by Crippen LogP contribution is 2.14. The predicted octanol–water partition coefficient (Wildman–Crippen LogP) is 1.73. The number of hydrogen-bond acceptors (Lipinski definition) is 4. The molecule has 0 aliphatic carbocycles. The summed E-state index contributed by atoms with van der Waals surface area (Å²) >= 11 is 0. The summed E-state index contributed by atoms with van der Waals surface area (Å²) in [7, 11) is 0. The molecule has 2 N–H and O–H groups in total.